The van der Waals surface area contributed by atoms with E-state index in [2.05, 4.69) is 23.3 Å². The third-order valence-electron chi connectivity index (χ3n) is 3.17. The summed E-state index contributed by atoms with van der Waals surface area (Å²) in [7, 11) is 4.00. The normalized spacial score (nSPS) is 11.5. The summed E-state index contributed by atoms with van der Waals surface area (Å²) in [5.74, 6) is 0.806. The van der Waals surface area contributed by atoms with Gasteiger partial charge in [-0.25, -0.2) is 0 Å². The molecule has 3 heteroatoms. The van der Waals surface area contributed by atoms with Gasteiger partial charge < -0.3 is 4.57 Å². The summed E-state index contributed by atoms with van der Waals surface area (Å²) >= 11 is 0. The van der Waals surface area contributed by atoms with E-state index in [1.807, 2.05) is 34.0 Å². The highest BCUT2D eigenvalue weighted by atomic mass is 16.1. The van der Waals surface area contributed by atoms with E-state index in [1.165, 1.54) is 0 Å². The molecule has 0 saturated carbocycles. The van der Waals surface area contributed by atoms with E-state index in [9.17, 15) is 4.79 Å². The van der Waals surface area contributed by atoms with Gasteiger partial charge in [0.2, 0.25) is 0 Å². The lowest BCUT2D eigenvalue weighted by atomic mass is 10.1. The minimum Gasteiger partial charge on any atom is -0.351 e. The van der Waals surface area contributed by atoms with Gasteiger partial charge in [-0.1, -0.05) is 13.8 Å². The molecule has 0 fully saturated rings. The standard InChI is InChI=1S/C14H24N2O/c1-10(2)8-15(5)9-14(17)13-7-11(3)16(6)12(13)4/h7,10H,8-9H2,1-6H3. The molecule has 3 nitrogen and oxygen atoms in total. The highest BCUT2D eigenvalue weighted by molar-refractivity contribution is 5.99. The average molecular weight is 236 g/mol. The van der Waals surface area contributed by atoms with Crippen LogP contribution in [-0.4, -0.2) is 35.4 Å². The van der Waals surface area contributed by atoms with Crippen LogP contribution >= 0.6 is 0 Å². The summed E-state index contributed by atoms with van der Waals surface area (Å²) in [6.45, 7) is 9.82. The van der Waals surface area contributed by atoms with E-state index in [-0.39, 0.29) is 5.78 Å². The van der Waals surface area contributed by atoms with Gasteiger partial charge in [0.25, 0.3) is 0 Å². The molecule has 0 bridgehead atoms. The molecule has 1 heterocycles. The predicted molar refractivity (Wildman–Crippen MR) is 71.6 cm³/mol. The number of carbonyl (C=O) groups excluding carboxylic acids is 1. The van der Waals surface area contributed by atoms with E-state index in [4.69, 9.17) is 0 Å². The van der Waals surface area contributed by atoms with Gasteiger partial charge in [0.1, 0.15) is 0 Å². The Kier molecular flexibility index (Phi) is 4.52. The number of hydrogen-bond acceptors (Lipinski definition) is 2. The first kappa shape index (κ1) is 14.0. The van der Waals surface area contributed by atoms with Crippen LogP contribution in [0.25, 0.3) is 0 Å². The maximum Gasteiger partial charge on any atom is 0.178 e. The van der Waals surface area contributed by atoms with Crippen molar-refractivity contribution in [3.05, 3.63) is 23.0 Å². The molecule has 0 amide bonds. The van der Waals surface area contributed by atoms with Gasteiger partial charge in [-0.3, -0.25) is 9.69 Å². The summed E-state index contributed by atoms with van der Waals surface area (Å²) in [4.78, 5) is 14.3. The number of nitrogens with zero attached hydrogens (tertiary/aromatic N) is 2. The molecule has 0 unspecified atom stereocenters. The van der Waals surface area contributed by atoms with Crippen LogP contribution in [0.1, 0.15) is 35.6 Å². The van der Waals surface area contributed by atoms with Crippen LogP contribution in [-0.2, 0) is 7.05 Å². The minimum absolute atomic E-state index is 0.217. The van der Waals surface area contributed by atoms with Gasteiger partial charge in [0.15, 0.2) is 5.78 Å². The number of likely N-dealkylation sites (N-methyl/N-ethyl adjacent to an activating group) is 1. The zero-order chi connectivity index (χ0) is 13.2. The van der Waals surface area contributed by atoms with Gasteiger partial charge in [0.05, 0.1) is 6.54 Å². The van der Waals surface area contributed by atoms with Crippen LogP contribution in [0, 0.1) is 19.8 Å². The van der Waals surface area contributed by atoms with Crippen molar-refractivity contribution in [1.29, 1.82) is 0 Å². The first-order chi connectivity index (χ1) is 7.82. The Balaban J connectivity index is 2.73. The molecule has 1 aromatic heterocycles. The summed E-state index contributed by atoms with van der Waals surface area (Å²) in [5, 5.41) is 0. The quantitative estimate of drug-likeness (QED) is 0.734. The zero-order valence-corrected chi connectivity index (χ0v) is 11.9. The number of hydrogen-bond donors (Lipinski definition) is 0. The monoisotopic (exact) mass is 236 g/mol. The lowest BCUT2D eigenvalue weighted by Crippen LogP contribution is -2.29. The van der Waals surface area contributed by atoms with E-state index in [0.29, 0.717) is 12.5 Å². The molecular formula is C14H24N2O. The predicted octanol–water partition coefficient (Wildman–Crippen LogP) is 2.41. The number of Topliss-reactive ketones (excluding diaryl/α,β-unsaturated/α-hetero) is 1. The number of ketones is 1. The summed E-state index contributed by atoms with van der Waals surface area (Å²) < 4.78 is 2.07. The molecular weight excluding hydrogens is 212 g/mol. The largest absolute Gasteiger partial charge is 0.351 e. The van der Waals surface area contributed by atoms with Gasteiger partial charge in [-0.2, -0.15) is 0 Å². The third kappa shape index (κ3) is 3.43. The van der Waals surface area contributed by atoms with Crippen molar-refractivity contribution in [3.8, 4) is 0 Å². The molecule has 0 aliphatic heterocycles. The highest BCUT2D eigenvalue weighted by Gasteiger charge is 2.15. The smallest absolute Gasteiger partial charge is 0.178 e. The molecule has 0 atom stereocenters. The van der Waals surface area contributed by atoms with Crippen molar-refractivity contribution in [2.24, 2.45) is 13.0 Å². The van der Waals surface area contributed by atoms with E-state index in [1.54, 1.807) is 0 Å². The van der Waals surface area contributed by atoms with Crippen molar-refractivity contribution in [3.63, 3.8) is 0 Å². The Labute approximate surface area is 104 Å². The number of rotatable bonds is 5. The Morgan fingerprint density at radius 2 is 2.00 bits per heavy atom. The Morgan fingerprint density at radius 3 is 2.41 bits per heavy atom. The molecule has 0 aliphatic carbocycles. The van der Waals surface area contributed by atoms with Crippen LogP contribution in [0.3, 0.4) is 0 Å². The molecule has 96 valence electrons. The fourth-order valence-corrected chi connectivity index (χ4v) is 2.16. The molecule has 0 aromatic carbocycles. The van der Waals surface area contributed by atoms with Crippen molar-refractivity contribution in [1.82, 2.24) is 9.47 Å². The van der Waals surface area contributed by atoms with Crippen LogP contribution in [0.5, 0.6) is 0 Å². The number of carbonyl (C=O) groups is 1. The first-order valence-electron chi connectivity index (χ1n) is 6.17. The number of aromatic nitrogens is 1. The summed E-state index contributed by atoms with van der Waals surface area (Å²) in [6, 6.07) is 1.99. The van der Waals surface area contributed by atoms with Crippen LogP contribution < -0.4 is 0 Å². The molecule has 0 spiro atoms. The van der Waals surface area contributed by atoms with E-state index >= 15 is 0 Å². The molecule has 0 aliphatic rings. The van der Waals surface area contributed by atoms with E-state index < -0.39 is 0 Å². The van der Waals surface area contributed by atoms with Crippen LogP contribution in [0.4, 0.5) is 0 Å². The molecule has 0 N–H and O–H groups in total. The van der Waals surface area contributed by atoms with E-state index in [0.717, 1.165) is 23.5 Å². The lowest BCUT2D eigenvalue weighted by molar-refractivity contribution is 0.0940. The second-order valence-corrected chi connectivity index (χ2v) is 5.36. The van der Waals surface area contributed by atoms with Crippen molar-refractivity contribution in [2.45, 2.75) is 27.7 Å². The van der Waals surface area contributed by atoms with Gasteiger partial charge in [0, 0.05) is 30.5 Å². The molecule has 1 rings (SSSR count). The van der Waals surface area contributed by atoms with Crippen molar-refractivity contribution < 1.29 is 4.79 Å². The fourth-order valence-electron chi connectivity index (χ4n) is 2.16. The van der Waals surface area contributed by atoms with Crippen LogP contribution in [0.2, 0.25) is 0 Å². The minimum atomic E-state index is 0.217. The van der Waals surface area contributed by atoms with Gasteiger partial charge in [-0.05, 0) is 32.9 Å². The maximum atomic E-state index is 12.2. The molecule has 17 heavy (non-hydrogen) atoms. The zero-order valence-electron chi connectivity index (χ0n) is 11.9. The molecule has 0 saturated heterocycles. The highest BCUT2D eigenvalue weighted by Crippen LogP contribution is 2.14. The summed E-state index contributed by atoms with van der Waals surface area (Å²) in [5.41, 5.74) is 3.06. The second-order valence-electron chi connectivity index (χ2n) is 5.36. The Morgan fingerprint density at radius 1 is 1.41 bits per heavy atom. The first-order valence-corrected chi connectivity index (χ1v) is 6.17. The maximum absolute atomic E-state index is 12.2. The topological polar surface area (TPSA) is 25.2 Å². The fraction of sp³-hybridized carbons (Fsp3) is 0.643. The van der Waals surface area contributed by atoms with Crippen molar-refractivity contribution >= 4 is 5.78 Å². The number of aryl methyl sites for hydroxylation is 1. The molecule has 1 aromatic rings. The second kappa shape index (κ2) is 5.50. The third-order valence-corrected chi connectivity index (χ3v) is 3.17. The lowest BCUT2D eigenvalue weighted by Gasteiger charge is -2.17. The SMILES string of the molecule is Cc1cc(C(=O)CN(C)CC(C)C)c(C)n1C. The van der Waals surface area contributed by atoms with Gasteiger partial charge >= 0.3 is 0 Å². The van der Waals surface area contributed by atoms with Gasteiger partial charge in [-0.15, -0.1) is 0 Å². The molecule has 0 radical (unpaired) electrons. The van der Waals surface area contributed by atoms with Crippen molar-refractivity contribution in [2.75, 3.05) is 20.1 Å². The average Bonchev–Trinajstić information content (AvgIpc) is 2.44. The Hall–Kier alpha value is -1.09. The summed E-state index contributed by atoms with van der Waals surface area (Å²) in [6.07, 6.45) is 0. The van der Waals surface area contributed by atoms with Crippen LogP contribution in [0.15, 0.2) is 6.07 Å². The Bertz CT molecular complexity index is 405.